The summed E-state index contributed by atoms with van der Waals surface area (Å²) >= 11 is 0. The van der Waals surface area contributed by atoms with E-state index in [-0.39, 0.29) is 5.56 Å². The van der Waals surface area contributed by atoms with E-state index in [0.29, 0.717) is 34.7 Å². The van der Waals surface area contributed by atoms with Crippen LogP contribution in [-0.2, 0) is 4.74 Å². The van der Waals surface area contributed by atoms with E-state index in [9.17, 15) is 9.59 Å². The largest absolute Gasteiger partial charge is 0.465 e. The zero-order chi connectivity index (χ0) is 16.4. The molecule has 4 saturated carbocycles. The number of fused-ring (bicyclic) bond motifs is 1. The zero-order valence-electron chi connectivity index (χ0n) is 13.7. The number of carbonyl (C=O) groups excluding carboxylic acids is 1. The Morgan fingerprint density at radius 1 is 1.17 bits per heavy atom. The monoisotopic (exact) mass is 327 g/mol. The van der Waals surface area contributed by atoms with Crippen LogP contribution in [0, 0.1) is 23.7 Å². The summed E-state index contributed by atoms with van der Waals surface area (Å²) in [6, 6.07) is 0.389. The van der Waals surface area contributed by atoms with Crippen LogP contribution in [0.4, 0.5) is 0 Å². The van der Waals surface area contributed by atoms with Crippen molar-refractivity contribution >= 4 is 5.97 Å². The van der Waals surface area contributed by atoms with Crippen molar-refractivity contribution in [3.8, 4) is 11.3 Å². The Hall–Kier alpha value is -2.11. The molecule has 2 aliphatic heterocycles. The number of pyridine rings is 1. The highest BCUT2D eigenvalue weighted by Gasteiger charge is 2.49. The zero-order valence-corrected chi connectivity index (χ0v) is 13.7. The molecule has 0 saturated heterocycles. The molecule has 0 spiro atoms. The third-order valence-electron chi connectivity index (χ3n) is 6.51. The third-order valence-corrected chi connectivity index (χ3v) is 6.51. The van der Waals surface area contributed by atoms with Crippen molar-refractivity contribution in [3.63, 3.8) is 0 Å². The molecular weight excluding hydrogens is 306 g/mol. The molecular formula is C18H21N3O3. The van der Waals surface area contributed by atoms with E-state index in [1.165, 1.54) is 39.2 Å². The fraction of sp³-hybridized carbons (Fsp3) is 0.611. The molecule has 0 amide bonds. The molecule has 126 valence electrons. The van der Waals surface area contributed by atoms with E-state index in [1.54, 1.807) is 0 Å². The number of nitrogens with one attached hydrogen (secondary N) is 1. The van der Waals surface area contributed by atoms with E-state index in [0.717, 1.165) is 11.8 Å². The second kappa shape index (κ2) is 4.94. The second-order valence-corrected chi connectivity index (χ2v) is 7.85. The van der Waals surface area contributed by atoms with Gasteiger partial charge in [0.15, 0.2) is 0 Å². The van der Waals surface area contributed by atoms with Crippen LogP contribution in [0.25, 0.3) is 11.3 Å². The van der Waals surface area contributed by atoms with Gasteiger partial charge in [-0.05, 0) is 55.8 Å². The van der Waals surface area contributed by atoms with Crippen LogP contribution in [0.5, 0.6) is 0 Å². The average Bonchev–Trinajstić information content (AvgIpc) is 2.94. The minimum atomic E-state index is -0.440. The topological polar surface area (TPSA) is 77.0 Å². The number of aromatic amines is 1. The number of aromatic nitrogens is 3. The summed E-state index contributed by atoms with van der Waals surface area (Å²) in [6.07, 6.45) is 10.3. The maximum Gasteiger partial charge on any atom is 0.341 e. The predicted molar refractivity (Wildman–Crippen MR) is 86.9 cm³/mol. The Bertz CT molecular complexity index is 808. The highest BCUT2D eigenvalue weighted by Crippen LogP contribution is 2.58. The number of esters is 1. The third kappa shape index (κ3) is 1.91. The molecule has 6 heteroatoms. The molecule has 0 aromatic carbocycles. The van der Waals surface area contributed by atoms with Crippen LogP contribution in [-0.4, -0.2) is 27.8 Å². The smallest absolute Gasteiger partial charge is 0.341 e. The van der Waals surface area contributed by atoms with Crippen molar-refractivity contribution in [1.29, 1.82) is 0 Å². The first kappa shape index (κ1) is 14.3. The molecule has 0 atom stereocenters. The molecule has 0 aromatic heterocycles. The van der Waals surface area contributed by atoms with E-state index >= 15 is 0 Å². The number of hydrogen-bond donors (Lipinski definition) is 1. The molecule has 4 fully saturated rings. The molecule has 24 heavy (non-hydrogen) atoms. The lowest BCUT2D eigenvalue weighted by Gasteiger charge is -2.55. The van der Waals surface area contributed by atoms with E-state index < -0.39 is 5.97 Å². The summed E-state index contributed by atoms with van der Waals surface area (Å²) in [7, 11) is 1.36. The van der Waals surface area contributed by atoms with Gasteiger partial charge in [-0.1, -0.05) is 0 Å². The average molecular weight is 327 g/mol. The number of hydrogen-bond acceptors (Lipinski definition) is 4. The van der Waals surface area contributed by atoms with Gasteiger partial charge in [-0.3, -0.25) is 4.79 Å². The molecule has 0 aromatic rings. The Kier molecular flexibility index (Phi) is 2.94. The summed E-state index contributed by atoms with van der Waals surface area (Å²) < 4.78 is 7.03. The van der Waals surface area contributed by atoms with Crippen LogP contribution >= 0.6 is 0 Å². The highest BCUT2D eigenvalue weighted by molar-refractivity contribution is 5.95. The second-order valence-electron chi connectivity index (χ2n) is 7.85. The molecule has 4 bridgehead atoms. The normalized spacial score (nSPS) is 34.0. The molecule has 0 unspecified atom stereocenters. The summed E-state index contributed by atoms with van der Waals surface area (Å²) in [6.45, 7) is 0. The van der Waals surface area contributed by atoms with Crippen molar-refractivity contribution in [3.05, 3.63) is 28.3 Å². The summed E-state index contributed by atoms with van der Waals surface area (Å²) in [4.78, 5) is 24.3. The van der Waals surface area contributed by atoms with E-state index in [2.05, 4.69) is 14.8 Å². The van der Waals surface area contributed by atoms with Crippen LogP contribution < -0.4 is 5.56 Å². The Morgan fingerprint density at radius 2 is 1.83 bits per heavy atom. The van der Waals surface area contributed by atoms with Crippen LogP contribution in [0.15, 0.2) is 17.2 Å². The van der Waals surface area contributed by atoms with Crippen molar-refractivity contribution in [1.82, 2.24) is 14.8 Å². The molecule has 1 N–H and O–H groups in total. The first-order valence-corrected chi connectivity index (χ1v) is 8.82. The van der Waals surface area contributed by atoms with Crippen molar-refractivity contribution < 1.29 is 9.53 Å². The number of rotatable bonds is 2. The molecule has 4 aliphatic carbocycles. The summed E-state index contributed by atoms with van der Waals surface area (Å²) in [5.41, 5.74) is 1.02. The van der Waals surface area contributed by atoms with Gasteiger partial charge in [0.25, 0.3) is 5.56 Å². The Morgan fingerprint density at radius 3 is 2.46 bits per heavy atom. The van der Waals surface area contributed by atoms with Gasteiger partial charge in [0.2, 0.25) is 0 Å². The van der Waals surface area contributed by atoms with Crippen LogP contribution in [0.2, 0.25) is 0 Å². The first-order chi connectivity index (χ1) is 11.6. The van der Waals surface area contributed by atoms with Gasteiger partial charge in [-0.25, -0.2) is 9.89 Å². The summed E-state index contributed by atoms with van der Waals surface area (Å²) in [5.74, 6) is 2.66. The Labute approximate surface area is 139 Å². The van der Waals surface area contributed by atoms with Gasteiger partial charge in [0.1, 0.15) is 11.3 Å². The highest BCUT2D eigenvalue weighted by atomic mass is 16.5. The Balaban J connectivity index is 1.64. The standard InChI is InChI=1S/C18H21N3O3/c1-24-18(23)14-8-21(7-13-15(14)19-20-17(13)22)16-11-3-9-2-10(5-11)6-12(16)4-9/h7-12,16H,2-6H2,1H3,(H,20,22). The molecule has 6 aliphatic rings. The number of H-pyrrole nitrogens is 1. The van der Waals surface area contributed by atoms with Crippen LogP contribution in [0.1, 0.15) is 48.5 Å². The molecule has 6 nitrogen and oxygen atoms in total. The van der Waals surface area contributed by atoms with Crippen molar-refractivity contribution in [2.75, 3.05) is 7.11 Å². The maximum atomic E-state index is 12.2. The quantitative estimate of drug-likeness (QED) is 0.860. The minimum Gasteiger partial charge on any atom is -0.465 e. The van der Waals surface area contributed by atoms with Crippen molar-refractivity contribution in [2.45, 2.75) is 38.1 Å². The lowest BCUT2D eigenvalue weighted by molar-refractivity contribution is -0.0293. The lowest BCUT2D eigenvalue weighted by Crippen LogP contribution is -2.46. The molecule has 0 radical (unpaired) electrons. The lowest BCUT2D eigenvalue weighted by atomic mass is 9.54. The SMILES string of the molecule is COC(=O)c1cn(C2C3CC4CC(C3)CC2C4)cc2c(=O)[nH]nc1-2. The van der Waals surface area contributed by atoms with Gasteiger partial charge in [0.05, 0.1) is 12.7 Å². The fourth-order valence-electron chi connectivity index (χ4n) is 5.87. The van der Waals surface area contributed by atoms with E-state index in [1.807, 2.05) is 12.4 Å². The van der Waals surface area contributed by atoms with Gasteiger partial charge in [-0.2, -0.15) is 5.10 Å². The van der Waals surface area contributed by atoms with Gasteiger partial charge in [0, 0.05) is 18.4 Å². The van der Waals surface area contributed by atoms with Crippen LogP contribution in [0.3, 0.4) is 0 Å². The van der Waals surface area contributed by atoms with Gasteiger partial charge >= 0.3 is 5.97 Å². The minimum absolute atomic E-state index is 0.242. The molecule has 6 rings (SSSR count). The number of methoxy groups -OCH3 is 1. The number of ether oxygens (including phenoxy) is 1. The van der Waals surface area contributed by atoms with Gasteiger partial charge in [-0.15, -0.1) is 0 Å². The van der Waals surface area contributed by atoms with E-state index in [4.69, 9.17) is 4.74 Å². The first-order valence-electron chi connectivity index (χ1n) is 8.82. The maximum absolute atomic E-state index is 12.2. The number of nitrogens with zero attached hydrogens (tertiary/aromatic N) is 2. The molecule has 2 heterocycles. The van der Waals surface area contributed by atoms with Gasteiger partial charge < -0.3 is 9.30 Å². The predicted octanol–water partition coefficient (Wildman–Crippen LogP) is 2.46. The summed E-state index contributed by atoms with van der Waals surface area (Å²) in [5, 5.41) is 6.48. The number of carbonyl (C=O) groups is 1. The van der Waals surface area contributed by atoms with Crippen molar-refractivity contribution in [2.24, 2.45) is 23.7 Å². The fourth-order valence-corrected chi connectivity index (χ4v) is 5.87.